The molecule has 1 heterocycles. The summed E-state index contributed by atoms with van der Waals surface area (Å²) in [5.41, 5.74) is 8.07. The van der Waals surface area contributed by atoms with Gasteiger partial charge in [-0.3, -0.25) is 0 Å². The zero-order valence-electron chi connectivity index (χ0n) is 10.7. The number of nitrogens with zero attached hydrogens (tertiary/aromatic N) is 2. The topological polar surface area (TPSA) is 43.8 Å². The molecule has 18 heavy (non-hydrogen) atoms. The normalized spacial score (nSPS) is 11.1. The molecule has 4 heteroatoms. The molecular weight excluding hydrogens is 290 g/mol. The van der Waals surface area contributed by atoms with Crippen molar-refractivity contribution in [1.29, 1.82) is 0 Å². The zero-order chi connectivity index (χ0) is 13.1. The Kier molecular flexibility index (Phi) is 4.07. The number of nitrogen functional groups attached to an aromatic ring is 1. The van der Waals surface area contributed by atoms with Crippen molar-refractivity contribution in [2.45, 2.75) is 32.7 Å². The molecule has 0 aliphatic heterocycles. The van der Waals surface area contributed by atoms with E-state index in [4.69, 9.17) is 5.73 Å². The molecule has 0 saturated heterocycles. The summed E-state index contributed by atoms with van der Waals surface area (Å²) in [6, 6.07) is 10.4. The van der Waals surface area contributed by atoms with Gasteiger partial charge in [0.2, 0.25) is 0 Å². The van der Waals surface area contributed by atoms with Crippen LogP contribution >= 0.6 is 15.9 Å². The molecule has 3 nitrogen and oxygen atoms in total. The lowest BCUT2D eigenvalue weighted by atomic mass is 10.1. The first-order valence-corrected chi connectivity index (χ1v) is 7.06. The van der Waals surface area contributed by atoms with Crippen LogP contribution in [-0.2, 0) is 0 Å². The fourth-order valence-corrected chi connectivity index (χ4v) is 2.62. The summed E-state index contributed by atoms with van der Waals surface area (Å²) in [5, 5.41) is 4.64. The summed E-state index contributed by atoms with van der Waals surface area (Å²) in [6.07, 6.45) is 2.08. The lowest BCUT2D eigenvalue weighted by Gasteiger charge is -2.14. The van der Waals surface area contributed by atoms with Crippen LogP contribution in [0.25, 0.3) is 11.3 Å². The SMILES string of the molecule is CCC(CC)n1nc(-c2ccccc2Br)cc1N. The van der Waals surface area contributed by atoms with Crippen molar-refractivity contribution in [3.8, 4) is 11.3 Å². The van der Waals surface area contributed by atoms with Crippen LogP contribution < -0.4 is 5.73 Å². The summed E-state index contributed by atoms with van der Waals surface area (Å²) in [4.78, 5) is 0. The minimum absolute atomic E-state index is 0.376. The van der Waals surface area contributed by atoms with E-state index in [0.29, 0.717) is 6.04 Å². The molecule has 0 aliphatic rings. The van der Waals surface area contributed by atoms with Crippen molar-refractivity contribution in [3.05, 3.63) is 34.8 Å². The highest BCUT2D eigenvalue weighted by Crippen LogP contribution is 2.30. The van der Waals surface area contributed by atoms with E-state index < -0.39 is 0 Å². The molecule has 1 aromatic heterocycles. The Morgan fingerprint density at radius 2 is 1.94 bits per heavy atom. The van der Waals surface area contributed by atoms with Crippen LogP contribution in [0, 0.1) is 0 Å². The number of halogens is 1. The van der Waals surface area contributed by atoms with E-state index in [1.807, 2.05) is 35.0 Å². The van der Waals surface area contributed by atoms with Gasteiger partial charge in [0.05, 0.1) is 11.7 Å². The van der Waals surface area contributed by atoms with Gasteiger partial charge in [-0.05, 0) is 18.9 Å². The number of aromatic nitrogens is 2. The van der Waals surface area contributed by atoms with E-state index in [2.05, 4.69) is 34.9 Å². The van der Waals surface area contributed by atoms with Crippen molar-refractivity contribution in [2.75, 3.05) is 5.73 Å². The number of hydrogen-bond acceptors (Lipinski definition) is 2. The standard InChI is InChI=1S/C14H18BrN3/c1-3-10(4-2)18-14(16)9-13(17-18)11-7-5-6-8-12(11)15/h5-10H,3-4,16H2,1-2H3. The second-order valence-electron chi connectivity index (χ2n) is 4.35. The van der Waals surface area contributed by atoms with Crippen LogP contribution in [0.1, 0.15) is 32.7 Å². The molecule has 0 radical (unpaired) electrons. The molecule has 0 spiro atoms. The number of anilines is 1. The minimum atomic E-state index is 0.376. The lowest BCUT2D eigenvalue weighted by molar-refractivity contribution is 0.435. The maximum atomic E-state index is 6.07. The highest BCUT2D eigenvalue weighted by atomic mass is 79.9. The summed E-state index contributed by atoms with van der Waals surface area (Å²) < 4.78 is 2.98. The smallest absolute Gasteiger partial charge is 0.122 e. The molecule has 1 aromatic carbocycles. The summed E-state index contributed by atoms with van der Waals surface area (Å²) in [6.45, 7) is 4.32. The van der Waals surface area contributed by atoms with E-state index in [-0.39, 0.29) is 0 Å². The molecule has 96 valence electrons. The van der Waals surface area contributed by atoms with Gasteiger partial charge in [-0.1, -0.05) is 48.0 Å². The summed E-state index contributed by atoms with van der Waals surface area (Å²) in [7, 11) is 0. The van der Waals surface area contributed by atoms with Gasteiger partial charge in [0, 0.05) is 16.1 Å². The molecule has 0 atom stereocenters. The third-order valence-electron chi connectivity index (χ3n) is 3.20. The Morgan fingerprint density at radius 3 is 2.56 bits per heavy atom. The molecule has 2 rings (SSSR count). The average Bonchev–Trinajstić information content (AvgIpc) is 2.74. The van der Waals surface area contributed by atoms with Crippen molar-refractivity contribution >= 4 is 21.7 Å². The van der Waals surface area contributed by atoms with Gasteiger partial charge in [0.25, 0.3) is 0 Å². The number of hydrogen-bond donors (Lipinski definition) is 1. The van der Waals surface area contributed by atoms with Crippen molar-refractivity contribution in [1.82, 2.24) is 9.78 Å². The van der Waals surface area contributed by atoms with E-state index in [1.54, 1.807) is 0 Å². The molecule has 0 bridgehead atoms. The van der Waals surface area contributed by atoms with E-state index >= 15 is 0 Å². The van der Waals surface area contributed by atoms with Crippen LogP contribution in [0.2, 0.25) is 0 Å². The van der Waals surface area contributed by atoms with Crippen LogP contribution in [0.15, 0.2) is 34.8 Å². The number of benzene rings is 1. The van der Waals surface area contributed by atoms with E-state index in [0.717, 1.165) is 34.4 Å². The van der Waals surface area contributed by atoms with E-state index in [1.165, 1.54) is 0 Å². The molecule has 0 saturated carbocycles. The van der Waals surface area contributed by atoms with Gasteiger partial charge in [-0.25, -0.2) is 4.68 Å². The van der Waals surface area contributed by atoms with Gasteiger partial charge in [-0.2, -0.15) is 5.10 Å². The third kappa shape index (κ3) is 2.43. The molecule has 2 aromatic rings. The lowest BCUT2D eigenvalue weighted by Crippen LogP contribution is -2.11. The van der Waals surface area contributed by atoms with Gasteiger partial charge in [-0.15, -0.1) is 0 Å². The monoisotopic (exact) mass is 307 g/mol. The molecule has 0 aliphatic carbocycles. The van der Waals surface area contributed by atoms with Crippen molar-refractivity contribution < 1.29 is 0 Å². The van der Waals surface area contributed by atoms with Crippen LogP contribution in [-0.4, -0.2) is 9.78 Å². The Hall–Kier alpha value is -1.29. The van der Waals surface area contributed by atoms with Gasteiger partial charge >= 0.3 is 0 Å². The molecule has 0 fully saturated rings. The van der Waals surface area contributed by atoms with Crippen molar-refractivity contribution in [3.63, 3.8) is 0 Å². The predicted octanol–water partition coefficient (Wildman–Crippen LogP) is 4.26. The summed E-state index contributed by atoms with van der Waals surface area (Å²) >= 11 is 3.55. The second-order valence-corrected chi connectivity index (χ2v) is 5.20. The maximum absolute atomic E-state index is 6.07. The van der Waals surface area contributed by atoms with Crippen LogP contribution in [0.3, 0.4) is 0 Å². The number of nitrogens with two attached hydrogens (primary N) is 1. The largest absolute Gasteiger partial charge is 0.384 e. The fourth-order valence-electron chi connectivity index (χ4n) is 2.14. The highest BCUT2D eigenvalue weighted by Gasteiger charge is 2.14. The first kappa shape index (κ1) is 13.1. The minimum Gasteiger partial charge on any atom is -0.384 e. The fraction of sp³-hybridized carbons (Fsp3) is 0.357. The maximum Gasteiger partial charge on any atom is 0.122 e. The zero-order valence-corrected chi connectivity index (χ0v) is 12.3. The Bertz CT molecular complexity index is 530. The molecule has 2 N–H and O–H groups in total. The molecular formula is C14H18BrN3. The third-order valence-corrected chi connectivity index (χ3v) is 3.89. The van der Waals surface area contributed by atoms with Crippen LogP contribution in [0.5, 0.6) is 0 Å². The Morgan fingerprint density at radius 1 is 1.28 bits per heavy atom. The van der Waals surface area contributed by atoms with Gasteiger partial charge in [0.1, 0.15) is 5.82 Å². The number of rotatable bonds is 4. The molecule has 0 unspecified atom stereocenters. The first-order valence-electron chi connectivity index (χ1n) is 6.27. The first-order chi connectivity index (χ1) is 8.67. The second kappa shape index (κ2) is 5.57. The average molecular weight is 308 g/mol. The quantitative estimate of drug-likeness (QED) is 0.917. The highest BCUT2D eigenvalue weighted by molar-refractivity contribution is 9.10. The summed E-state index contributed by atoms with van der Waals surface area (Å²) in [5.74, 6) is 0.731. The predicted molar refractivity (Wildman–Crippen MR) is 79.4 cm³/mol. The van der Waals surface area contributed by atoms with Crippen LogP contribution in [0.4, 0.5) is 5.82 Å². The van der Waals surface area contributed by atoms with Crippen molar-refractivity contribution in [2.24, 2.45) is 0 Å². The van der Waals surface area contributed by atoms with E-state index in [9.17, 15) is 0 Å². The Labute approximate surface area is 116 Å². The van der Waals surface area contributed by atoms with Gasteiger partial charge in [0.15, 0.2) is 0 Å². The molecule has 0 amide bonds. The Balaban J connectivity index is 2.43. The van der Waals surface area contributed by atoms with Gasteiger partial charge < -0.3 is 5.73 Å².